The standard InChI is InChI=1S/C9H12N2O6S/c12-8(13)4-16-3-7-10-11-9(17-7)6-1-2-18(14,15)5-6/h6H,1-5H2,(H,12,13). The lowest BCUT2D eigenvalue weighted by atomic mass is 10.1. The summed E-state index contributed by atoms with van der Waals surface area (Å²) in [5, 5.41) is 15.8. The number of carboxylic acid groups (broad SMARTS) is 1. The van der Waals surface area contributed by atoms with Crippen LogP contribution in [0.25, 0.3) is 0 Å². The summed E-state index contributed by atoms with van der Waals surface area (Å²) >= 11 is 0. The quantitative estimate of drug-likeness (QED) is 0.769. The van der Waals surface area contributed by atoms with Gasteiger partial charge in [0.15, 0.2) is 9.84 Å². The van der Waals surface area contributed by atoms with Gasteiger partial charge in [0.25, 0.3) is 0 Å². The van der Waals surface area contributed by atoms with Gasteiger partial charge >= 0.3 is 5.97 Å². The first-order valence-corrected chi connectivity index (χ1v) is 7.10. The Hall–Kier alpha value is -1.48. The van der Waals surface area contributed by atoms with Crippen LogP contribution in [-0.2, 0) is 26.0 Å². The van der Waals surface area contributed by atoms with E-state index in [1.54, 1.807) is 0 Å². The molecule has 1 aromatic heterocycles. The molecule has 9 heteroatoms. The van der Waals surface area contributed by atoms with Gasteiger partial charge in [-0.2, -0.15) is 0 Å². The Morgan fingerprint density at radius 1 is 1.50 bits per heavy atom. The second-order valence-electron chi connectivity index (χ2n) is 4.02. The van der Waals surface area contributed by atoms with Crippen molar-refractivity contribution in [3.05, 3.63) is 11.8 Å². The molecule has 1 aliphatic rings. The van der Waals surface area contributed by atoms with Crippen molar-refractivity contribution < 1.29 is 27.5 Å². The molecule has 1 saturated heterocycles. The molecule has 0 bridgehead atoms. The highest BCUT2D eigenvalue weighted by Gasteiger charge is 2.32. The summed E-state index contributed by atoms with van der Waals surface area (Å²) in [4.78, 5) is 10.2. The van der Waals surface area contributed by atoms with Crippen molar-refractivity contribution in [2.45, 2.75) is 18.9 Å². The highest BCUT2D eigenvalue weighted by molar-refractivity contribution is 7.91. The van der Waals surface area contributed by atoms with E-state index in [0.717, 1.165) is 0 Å². The molecular weight excluding hydrogens is 264 g/mol. The van der Waals surface area contributed by atoms with E-state index in [1.807, 2.05) is 0 Å². The second kappa shape index (κ2) is 5.02. The lowest BCUT2D eigenvalue weighted by Crippen LogP contribution is -2.06. The Morgan fingerprint density at radius 2 is 2.28 bits per heavy atom. The Kier molecular flexibility index (Phi) is 3.62. The van der Waals surface area contributed by atoms with E-state index >= 15 is 0 Å². The first-order chi connectivity index (χ1) is 8.46. The van der Waals surface area contributed by atoms with Gasteiger partial charge in [0, 0.05) is 0 Å². The number of carboxylic acids is 1. The number of nitrogens with zero attached hydrogens (tertiary/aromatic N) is 2. The fraction of sp³-hybridized carbons (Fsp3) is 0.667. The van der Waals surface area contributed by atoms with Crippen molar-refractivity contribution in [2.75, 3.05) is 18.1 Å². The molecule has 1 aliphatic heterocycles. The van der Waals surface area contributed by atoms with E-state index in [4.69, 9.17) is 14.3 Å². The average Bonchev–Trinajstić information content (AvgIpc) is 2.84. The molecule has 1 fully saturated rings. The van der Waals surface area contributed by atoms with E-state index in [1.165, 1.54) is 0 Å². The third-order valence-corrected chi connectivity index (χ3v) is 4.28. The molecule has 0 spiro atoms. The molecule has 1 aromatic rings. The van der Waals surface area contributed by atoms with Gasteiger partial charge in [-0.25, -0.2) is 13.2 Å². The monoisotopic (exact) mass is 276 g/mol. The van der Waals surface area contributed by atoms with E-state index in [0.29, 0.717) is 6.42 Å². The highest BCUT2D eigenvalue weighted by atomic mass is 32.2. The second-order valence-corrected chi connectivity index (χ2v) is 6.25. The molecule has 0 radical (unpaired) electrons. The average molecular weight is 276 g/mol. The summed E-state index contributed by atoms with van der Waals surface area (Å²) in [5.74, 6) is -0.789. The molecule has 100 valence electrons. The van der Waals surface area contributed by atoms with Crippen LogP contribution in [0.5, 0.6) is 0 Å². The lowest BCUT2D eigenvalue weighted by molar-refractivity contribution is -0.142. The summed E-state index contributed by atoms with van der Waals surface area (Å²) in [6.45, 7) is -0.547. The summed E-state index contributed by atoms with van der Waals surface area (Å²) in [6.07, 6.45) is 0.472. The van der Waals surface area contributed by atoms with Crippen LogP contribution in [0.4, 0.5) is 0 Å². The molecule has 0 saturated carbocycles. The number of hydrogen-bond acceptors (Lipinski definition) is 7. The van der Waals surface area contributed by atoms with Crippen molar-refractivity contribution >= 4 is 15.8 Å². The molecule has 18 heavy (non-hydrogen) atoms. The minimum absolute atomic E-state index is 0.0185. The SMILES string of the molecule is O=C(O)COCc1nnc(C2CCS(=O)(=O)C2)o1. The Bertz CT molecular complexity index is 537. The van der Waals surface area contributed by atoms with Gasteiger partial charge in [-0.15, -0.1) is 10.2 Å². The summed E-state index contributed by atoms with van der Waals surface area (Å²) in [6, 6.07) is 0. The predicted octanol–water partition coefficient (Wildman–Crippen LogP) is -0.427. The summed E-state index contributed by atoms with van der Waals surface area (Å²) in [7, 11) is -3.00. The van der Waals surface area contributed by atoms with Crippen LogP contribution in [-0.4, -0.2) is 47.8 Å². The molecule has 1 unspecified atom stereocenters. The zero-order chi connectivity index (χ0) is 13.2. The number of ether oxygens (including phenoxy) is 1. The largest absolute Gasteiger partial charge is 0.480 e. The third-order valence-electron chi connectivity index (χ3n) is 2.52. The molecule has 2 rings (SSSR count). The third kappa shape index (κ3) is 3.26. The summed E-state index contributed by atoms with van der Waals surface area (Å²) < 4.78 is 32.6. The zero-order valence-corrected chi connectivity index (χ0v) is 10.2. The van der Waals surface area contributed by atoms with E-state index in [-0.39, 0.29) is 35.8 Å². The van der Waals surface area contributed by atoms with Crippen molar-refractivity contribution in [1.29, 1.82) is 0 Å². The van der Waals surface area contributed by atoms with Crippen LogP contribution in [0.15, 0.2) is 4.42 Å². The predicted molar refractivity (Wildman–Crippen MR) is 57.6 cm³/mol. The first-order valence-electron chi connectivity index (χ1n) is 5.28. The molecule has 0 aliphatic carbocycles. The molecule has 1 N–H and O–H groups in total. The van der Waals surface area contributed by atoms with Crippen LogP contribution in [0, 0.1) is 0 Å². The fourth-order valence-corrected chi connectivity index (χ4v) is 3.44. The van der Waals surface area contributed by atoms with Gasteiger partial charge < -0.3 is 14.3 Å². The van der Waals surface area contributed by atoms with Crippen LogP contribution in [0.2, 0.25) is 0 Å². The Morgan fingerprint density at radius 3 is 2.89 bits per heavy atom. The lowest BCUT2D eigenvalue weighted by Gasteiger charge is -1.99. The Labute approximate surface area is 103 Å². The normalized spacial score (nSPS) is 22.1. The van der Waals surface area contributed by atoms with Crippen molar-refractivity contribution in [2.24, 2.45) is 0 Å². The molecule has 8 nitrogen and oxygen atoms in total. The number of aliphatic carboxylic acids is 1. The maximum atomic E-state index is 11.3. The number of aromatic nitrogens is 2. The molecule has 2 heterocycles. The molecule has 0 amide bonds. The molecule has 0 aromatic carbocycles. The first kappa shape index (κ1) is 13.0. The van der Waals surface area contributed by atoms with Gasteiger partial charge in [-0.3, -0.25) is 0 Å². The van der Waals surface area contributed by atoms with Gasteiger partial charge in [0.05, 0.1) is 17.4 Å². The topological polar surface area (TPSA) is 120 Å². The van der Waals surface area contributed by atoms with Gasteiger partial charge in [0.2, 0.25) is 11.8 Å². The van der Waals surface area contributed by atoms with Gasteiger partial charge in [-0.05, 0) is 6.42 Å². The zero-order valence-electron chi connectivity index (χ0n) is 9.40. The maximum Gasteiger partial charge on any atom is 0.329 e. The van der Waals surface area contributed by atoms with Crippen molar-refractivity contribution in [3.63, 3.8) is 0 Å². The fourth-order valence-electron chi connectivity index (χ4n) is 1.71. The molecule has 1 atom stereocenters. The minimum Gasteiger partial charge on any atom is -0.480 e. The Balaban J connectivity index is 1.92. The van der Waals surface area contributed by atoms with Crippen LogP contribution >= 0.6 is 0 Å². The highest BCUT2D eigenvalue weighted by Crippen LogP contribution is 2.27. The van der Waals surface area contributed by atoms with Crippen LogP contribution in [0.3, 0.4) is 0 Å². The number of hydrogen-bond donors (Lipinski definition) is 1. The number of carbonyl (C=O) groups is 1. The maximum absolute atomic E-state index is 11.3. The van der Waals surface area contributed by atoms with E-state index in [9.17, 15) is 13.2 Å². The van der Waals surface area contributed by atoms with E-state index in [2.05, 4.69) is 10.2 Å². The minimum atomic E-state index is -3.00. The van der Waals surface area contributed by atoms with Crippen molar-refractivity contribution in [3.8, 4) is 0 Å². The summed E-state index contributed by atoms with van der Waals surface area (Å²) in [5.41, 5.74) is 0. The van der Waals surface area contributed by atoms with E-state index < -0.39 is 22.4 Å². The van der Waals surface area contributed by atoms with Gasteiger partial charge in [-0.1, -0.05) is 0 Å². The number of rotatable bonds is 5. The van der Waals surface area contributed by atoms with Gasteiger partial charge in [0.1, 0.15) is 13.2 Å². The van der Waals surface area contributed by atoms with Crippen molar-refractivity contribution in [1.82, 2.24) is 10.2 Å². The number of sulfone groups is 1. The van der Waals surface area contributed by atoms with Crippen LogP contribution in [0.1, 0.15) is 24.1 Å². The smallest absolute Gasteiger partial charge is 0.329 e. The van der Waals surface area contributed by atoms with Crippen LogP contribution < -0.4 is 0 Å². The molecular formula is C9H12N2O6S.